The van der Waals surface area contributed by atoms with Crippen molar-refractivity contribution in [2.75, 3.05) is 39.6 Å². The first kappa shape index (κ1) is 116. The molecule has 0 aromatic heterocycles. The number of phosphoric ester groups is 2. The normalized spacial score (nSPS) is 14.4. The molecule has 4 N–H and O–H groups in total. The van der Waals surface area contributed by atoms with E-state index in [2.05, 4.69) is 179 Å². The van der Waals surface area contributed by atoms with E-state index in [9.17, 15) is 43.5 Å². The van der Waals surface area contributed by atoms with Crippen LogP contribution in [0.15, 0.2) is 158 Å². The van der Waals surface area contributed by atoms with Gasteiger partial charge in [-0.2, -0.15) is 0 Å². The molecule has 0 rings (SSSR count). The monoisotopic (exact) mass is 1730 g/mol. The van der Waals surface area contributed by atoms with Gasteiger partial charge < -0.3 is 34.2 Å². The zero-order valence-electron chi connectivity index (χ0n) is 76.9. The van der Waals surface area contributed by atoms with E-state index in [0.29, 0.717) is 19.3 Å². The fourth-order valence-corrected chi connectivity index (χ4v) is 15.0. The number of phosphoric acid groups is 2. The van der Waals surface area contributed by atoms with Crippen LogP contribution in [0.25, 0.3) is 0 Å². The van der Waals surface area contributed by atoms with Gasteiger partial charge in [-0.3, -0.25) is 32.5 Å². The standard InChI is InChI=1S/C103H178O16P2/c1-4-7-10-13-16-19-22-25-28-31-34-36-38-40-42-44-46-47-48-49-51-53-54-56-58-60-63-65-68-71-74-77-80-83-86-89-101(106)113-92-98(104)93-115-120(109,110)116-94-99(105)95-117-121(111,112)118-97-100(119-103(108)91-88-85-82-79-76-73-70-67-62-33-30-27-24-21-18-15-12-9-6-3)96-114-102(107)90-87-84-81-78-75-72-69-66-64-61-59-57-55-52-50-45-43-41-39-37-35-32-29-26-23-20-17-14-11-8-5-2/h7-8,10-11,16-21,25-30,34-37,40-43,62,67,98-100,104-105H,4-6,9,12-15,22-24,31-33,38-39,44-61,63-66,68-97H2,1-3H3,(H,109,110)(H,111,112)/b10-7-,11-8-,19-16-,20-17-,21-18-,28-25-,29-26-,30-27-,36-34-,37-35-,42-40-,43-41-,67-62-. The summed E-state index contributed by atoms with van der Waals surface area (Å²) in [5.74, 6) is -1.57. The maximum absolute atomic E-state index is 13.1. The summed E-state index contributed by atoms with van der Waals surface area (Å²) in [6.45, 7) is 2.48. The van der Waals surface area contributed by atoms with E-state index in [0.717, 1.165) is 161 Å². The van der Waals surface area contributed by atoms with E-state index in [4.69, 9.17) is 32.3 Å². The molecule has 0 aliphatic heterocycles. The number of aliphatic hydroxyl groups is 2. The Kier molecular flexibility index (Phi) is 90.5. The molecule has 0 fully saturated rings. The Hall–Kier alpha value is -4.83. The molecule has 0 spiro atoms. The number of ether oxygens (including phenoxy) is 3. The molecular formula is C103H178O16P2. The van der Waals surface area contributed by atoms with E-state index in [1.54, 1.807) is 0 Å². The Morgan fingerprint density at radius 1 is 0.240 bits per heavy atom. The lowest BCUT2D eigenvalue weighted by molar-refractivity contribution is -0.161. The first-order chi connectivity index (χ1) is 59.2. The summed E-state index contributed by atoms with van der Waals surface area (Å²) in [5, 5.41) is 20.8. The van der Waals surface area contributed by atoms with Crippen molar-refractivity contribution in [3.63, 3.8) is 0 Å². The smallest absolute Gasteiger partial charge is 0.463 e. The van der Waals surface area contributed by atoms with Gasteiger partial charge in [0.25, 0.3) is 0 Å². The molecule has 18 heteroatoms. The van der Waals surface area contributed by atoms with Crippen LogP contribution in [0.3, 0.4) is 0 Å². The van der Waals surface area contributed by atoms with Crippen LogP contribution in [-0.4, -0.2) is 95.9 Å². The number of hydrogen-bond donors (Lipinski definition) is 4. The molecule has 696 valence electrons. The molecule has 0 heterocycles. The lowest BCUT2D eigenvalue weighted by Crippen LogP contribution is -2.30. The van der Waals surface area contributed by atoms with Crippen molar-refractivity contribution < 1.29 is 75.8 Å². The summed E-state index contributed by atoms with van der Waals surface area (Å²) in [6, 6.07) is 0. The number of hydrogen-bond acceptors (Lipinski definition) is 14. The van der Waals surface area contributed by atoms with Gasteiger partial charge in [0.15, 0.2) is 6.10 Å². The Morgan fingerprint density at radius 2 is 0.438 bits per heavy atom. The third-order valence-electron chi connectivity index (χ3n) is 20.7. The van der Waals surface area contributed by atoms with Crippen molar-refractivity contribution in [1.29, 1.82) is 0 Å². The number of carbonyl (C=O) groups is 3. The van der Waals surface area contributed by atoms with Crippen LogP contribution in [-0.2, 0) is 55.8 Å². The molecule has 16 nitrogen and oxygen atoms in total. The lowest BCUT2D eigenvalue weighted by atomic mass is 10.0. The molecule has 121 heavy (non-hydrogen) atoms. The van der Waals surface area contributed by atoms with Crippen molar-refractivity contribution in [3.05, 3.63) is 158 Å². The minimum absolute atomic E-state index is 0.0888. The van der Waals surface area contributed by atoms with Crippen molar-refractivity contribution in [1.82, 2.24) is 0 Å². The molecule has 5 atom stereocenters. The first-order valence-electron chi connectivity index (χ1n) is 48.8. The molecule has 0 aromatic rings. The summed E-state index contributed by atoms with van der Waals surface area (Å²) < 4.78 is 61.5. The largest absolute Gasteiger partial charge is 0.472 e. The summed E-state index contributed by atoms with van der Waals surface area (Å²) in [4.78, 5) is 59.1. The minimum Gasteiger partial charge on any atom is -0.463 e. The van der Waals surface area contributed by atoms with Gasteiger partial charge in [-0.05, 0) is 148 Å². The molecule has 0 saturated carbocycles. The highest BCUT2D eigenvalue weighted by Crippen LogP contribution is 2.45. The Balaban J connectivity index is 4.49. The molecule has 0 radical (unpaired) electrons. The van der Waals surface area contributed by atoms with E-state index >= 15 is 0 Å². The number of allylic oxidation sites excluding steroid dienone is 26. The maximum Gasteiger partial charge on any atom is 0.472 e. The first-order valence-corrected chi connectivity index (χ1v) is 51.8. The van der Waals surface area contributed by atoms with Gasteiger partial charge >= 0.3 is 33.6 Å². The number of unbranched alkanes of at least 4 members (excludes halogenated alkanes) is 43. The SMILES string of the molecule is CC/C=C\C/C=C\C/C=C\C/C=C\C/C=C\CCCCCCCCCCCCCCCCCCCCCC(=O)OCC(O)COP(=O)(O)OCC(O)COP(=O)(O)OCC(COC(=O)CCCCCCCCCCCCCCCCC/C=C\C/C=C\C/C=C\C/C=C\C/C=C\CC)OC(=O)CCCCCCCC/C=C\C/C=C\C/C=C\CCCCC. The van der Waals surface area contributed by atoms with Crippen LogP contribution < -0.4 is 0 Å². The molecule has 5 unspecified atom stereocenters. The average molecular weight is 1730 g/mol. The van der Waals surface area contributed by atoms with E-state index < -0.39 is 91.5 Å². The summed E-state index contributed by atoms with van der Waals surface area (Å²) in [5.41, 5.74) is 0. The van der Waals surface area contributed by atoms with Crippen molar-refractivity contribution in [3.8, 4) is 0 Å². The molecule has 0 saturated heterocycles. The molecule has 0 amide bonds. The fraction of sp³-hybridized carbons (Fsp3) is 0.718. The van der Waals surface area contributed by atoms with Crippen LogP contribution in [0.2, 0.25) is 0 Å². The predicted octanol–water partition coefficient (Wildman–Crippen LogP) is 30.5. The van der Waals surface area contributed by atoms with Crippen LogP contribution in [0.5, 0.6) is 0 Å². The molecule has 0 bridgehead atoms. The summed E-state index contributed by atoms with van der Waals surface area (Å²) in [6.07, 6.45) is 122. The van der Waals surface area contributed by atoms with Crippen LogP contribution in [0.4, 0.5) is 0 Å². The van der Waals surface area contributed by atoms with Crippen molar-refractivity contribution in [2.24, 2.45) is 0 Å². The molecule has 0 aliphatic carbocycles. The molecular weight excluding hydrogens is 1560 g/mol. The van der Waals surface area contributed by atoms with Crippen molar-refractivity contribution in [2.45, 2.75) is 437 Å². The lowest BCUT2D eigenvalue weighted by Gasteiger charge is -2.21. The van der Waals surface area contributed by atoms with Crippen LogP contribution >= 0.6 is 15.6 Å². The second-order valence-corrected chi connectivity index (χ2v) is 35.4. The quantitative estimate of drug-likeness (QED) is 0.0146. The summed E-state index contributed by atoms with van der Waals surface area (Å²) in [7, 11) is -9.81. The van der Waals surface area contributed by atoms with Gasteiger partial charge in [-0.25, -0.2) is 9.13 Å². The highest BCUT2D eigenvalue weighted by molar-refractivity contribution is 7.47. The zero-order valence-corrected chi connectivity index (χ0v) is 78.7. The Morgan fingerprint density at radius 3 is 0.694 bits per heavy atom. The fourth-order valence-electron chi connectivity index (χ4n) is 13.4. The number of rotatable bonds is 92. The van der Waals surface area contributed by atoms with E-state index in [1.165, 1.54) is 199 Å². The molecule has 0 aromatic carbocycles. The van der Waals surface area contributed by atoms with E-state index in [1.807, 2.05) is 0 Å². The zero-order chi connectivity index (χ0) is 87.9. The third-order valence-corrected chi connectivity index (χ3v) is 22.6. The number of esters is 3. The predicted molar refractivity (Wildman–Crippen MR) is 509 cm³/mol. The van der Waals surface area contributed by atoms with Gasteiger partial charge in [0.1, 0.15) is 25.4 Å². The van der Waals surface area contributed by atoms with Gasteiger partial charge in [-0.1, -0.05) is 410 Å². The highest BCUT2D eigenvalue weighted by Gasteiger charge is 2.30. The second-order valence-electron chi connectivity index (χ2n) is 32.5. The molecule has 0 aliphatic rings. The van der Waals surface area contributed by atoms with Gasteiger partial charge in [0.05, 0.1) is 26.4 Å². The van der Waals surface area contributed by atoms with E-state index in [-0.39, 0.29) is 19.3 Å². The van der Waals surface area contributed by atoms with Gasteiger partial charge in [0, 0.05) is 19.3 Å². The van der Waals surface area contributed by atoms with Gasteiger partial charge in [-0.15, -0.1) is 0 Å². The van der Waals surface area contributed by atoms with Crippen LogP contribution in [0, 0.1) is 0 Å². The Labute approximate surface area is 740 Å². The van der Waals surface area contributed by atoms with Gasteiger partial charge in [0.2, 0.25) is 0 Å². The maximum atomic E-state index is 13.1. The number of carbonyl (C=O) groups excluding carboxylic acids is 3. The number of aliphatic hydroxyl groups excluding tert-OH is 2. The van der Waals surface area contributed by atoms with Crippen molar-refractivity contribution >= 4 is 33.6 Å². The minimum atomic E-state index is -4.95. The van der Waals surface area contributed by atoms with Crippen LogP contribution in [0.1, 0.15) is 419 Å². The second kappa shape index (κ2) is 94.3. The summed E-state index contributed by atoms with van der Waals surface area (Å²) >= 11 is 0. The third kappa shape index (κ3) is 95.7. The highest BCUT2D eigenvalue weighted by atomic mass is 31.2. The topological polar surface area (TPSA) is 231 Å². The average Bonchev–Trinajstić information content (AvgIpc) is 0.895. The Bertz CT molecular complexity index is 2830.